The van der Waals surface area contributed by atoms with Gasteiger partial charge >= 0.3 is 0 Å². The summed E-state index contributed by atoms with van der Waals surface area (Å²) in [5, 5.41) is 24.2. The molecule has 0 atom stereocenters. The maximum absolute atomic E-state index is 12.9. The Kier molecular flexibility index (Phi) is 5.86. The molecular weight excluding hydrogens is 422 g/mol. The van der Waals surface area contributed by atoms with Crippen LogP contribution in [0.5, 0.6) is 17.2 Å². The number of nitrogens with one attached hydrogen (secondary N) is 1. The number of benzene rings is 2. The smallest absolute Gasteiger partial charge is 0.205 e. The maximum atomic E-state index is 12.9. The number of anilines is 1. The van der Waals surface area contributed by atoms with E-state index in [9.17, 15) is 15.0 Å². The van der Waals surface area contributed by atoms with Crippen molar-refractivity contribution in [2.24, 2.45) is 0 Å². The lowest BCUT2D eigenvalue weighted by molar-refractivity contribution is 0.111. The van der Waals surface area contributed by atoms with Crippen LogP contribution in [0.2, 0.25) is 0 Å². The van der Waals surface area contributed by atoms with E-state index in [0.717, 1.165) is 69.4 Å². The molecule has 0 saturated carbocycles. The summed E-state index contributed by atoms with van der Waals surface area (Å²) in [6, 6.07) is 10.4. The highest BCUT2D eigenvalue weighted by molar-refractivity contribution is 5.91. The van der Waals surface area contributed by atoms with Gasteiger partial charge in [0.2, 0.25) is 5.75 Å². The summed E-state index contributed by atoms with van der Waals surface area (Å²) in [7, 11) is 2.06. The molecule has 2 aromatic carbocycles. The molecule has 2 saturated heterocycles. The number of likely N-dealkylation sites (tertiary alicyclic amines) is 1. The van der Waals surface area contributed by atoms with Crippen LogP contribution >= 0.6 is 0 Å². The van der Waals surface area contributed by atoms with Crippen LogP contribution in [0.25, 0.3) is 22.3 Å². The van der Waals surface area contributed by atoms with Gasteiger partial charge in [0.1, 0.15) is 23.0 Å². The molecule has 0 amide bonds. The molecule has 0 aliphatic carbocycles. The number of ether oxygens (including phenoxy) is 1. The third-order valence-corrected chi connectivity index (χ3v) is 6.50. The van der Waals surface area contributed by atoms with Crippen LogP contribution in [0, 0.1) is 0 Å². The lowest BCUT2D eigenvalue weighted by atomic mass is 10.1. The molecule has 0 spiro atoms. The van der Waals surface area contributed by atoms with Crippen molar-refractivity contribution in [2.45, 2.75) is 18.9 Å². The summed E-state index contributed by atoms with van der Waals surface area (Å²) in [6.07, 6.45) is 1.50. The minimum atomic E-state index is -0.386. The molecule has 1 aromatic heterocycles. The van der Waals surface area contributed by atoms with Crippen LogP contribution in [0.3, 0.4) is 0 Å². The zero-order valence-electron chi connectivity index (χ0n) is 18.7. The van der Waals surface area contributed by atoms with E-state index < -0.39 is 0 Å². The highest BCUT2D eigenvalue weighted by Crippen LogP contribution is 2.41. The number of fused-ring (bicyclic) bond motifs is 1. The van der Waals surface area contributed by atoms with E-state index in [-0.39, 0.29) is 39.8 Å². The molecule has 2 aliphatic rings. The second kappa shape index (κ2) is 8.96. The van der Waals surface area contributed by atoms with E-state index in [4.69, 9.17) is 9.15 Å². The monoisotopic (exact) mass is 451 g/mol. The Balaban J connectivity index is 1.52. The number of hydrogen-bond acceptors (Lipinski definition) is 8. The van der Waals surface area contributed by atoms with E-state index in [1.165, 1.54) is 6.07 Å². The van der Waals surface area contributed by atoms with Gasteiger partial charge in [-0.15, -0.1) is 0 Å². The molecule has 33 heavy (non-hydrogen) atoms. The van der Waals surface area contributed by atoms with Crippen molar-refractivity contribution >= 4 is 16.7 Å². The van der Waals surface area contributed by atoms with Crippen molar-refractivity contribution in [3.05, 3.63) is 46.6 Å². The predicted molar refractivity (Wildman–Crippen MR) is 127 cm³/mol. The van der Waals surface area contributed by atoms with Crippen molar-refractivity contribution in [1.29, 1.82) is 0 Å². The normalized spacial score (nSPS) is 18.0. The predicted octanol–water partition coefficient (Wildman–Crippen LogP) is 2.75. The molecule has 3 heterocycles. The quantitative estimate of drug-likeness (QED) is 0.557. The van der Waals surface area contributed by atoms with Crippen LogP contribution < -0.4 is 20.4 Å². The highest BCUT2D eigenvalue weighted by atomic mass is 16.5. The SMILES string of the molecule is CN1CCC(Oc2c(O)cc(O)c3c(=O)cc(-c4ccc(N5CCNCC5)cc4)oc23)CC1. The fourth-order valence-electron chi connectivity index (χ4n) is 4.56. The summed E-state index contributed by atoms with van der Waals surface area (Å²) in [6.45, 7) is 5.57. The van der Waals surface area contributed by atoms with Crippen LogP contribution in [-0.2, 0) is 0 Å². The molecule has 0 radical (unpaired) electrons. The van der Waals surface area contributed by atoms with Gasteiger partial charge in [-0.3, -0.25) is 4.79 Å². The molecule has 174 valence electrons. The number of aromatic hydroxyl groups is 2. The first-order chi connectivity index (χ1) is 16.0. The number of phenolic OH excluding ortho intramolecular Hbond substituents is 2. The van der Waals surface area contributed by atoms with Crippen molar-refractivity contribution < 1.29 is 19.4 Å². The second-order valence-corrected chi connectivity index (χ2v) is 8.83. The van der Waals surface area contributed by atoms with Crippen LogP contribution in [-0.4, -0.2) is 67.5 Å². The number of hydrogen-bond donors (Lipinski definition) is 3. The number of rotatable bonds is 4. The van der Waals surface area contributed by atoms with E-state index >= 15 is 0 Å². The van der Waals surface area contributed by atoms with Crippen molar-refractivity contribution in [3.8, 4) is 28.6 Å². The van der Waals surface area contributed by atoms with Gasteiger partial charge in [0, 0.05) is 62.7 Å². The van der Waals surface area contributed by atoms with Gasteiger partial charge in [0.25, 0.3) is 0 Å². The van der Waals surface area contributed by atoms with Crippen molar-refractivity contribution in [3.63, 3.8) is 0 Å². The summed E-state index contributed by atoms with van der Waals surface area (Å²) in [4.78, 5) is 17.5. The van der Waals surface area contributed by atoms with Gasteiger partial charge in [-0.05, 0) is 44.2 Å². The molecule has 5 rings (SSSR count). The Labute approximate surface area is 192 Å². The Morgan fingerprint density at radius 2 is 1.70 bits per heavy atom. The van der Waals surface area contributed by atoms with E-state index in [1.54, 1.807) is 0 Å². The van der Waals surface area contributed by atoms with Crippen molar-refractivity contribution in [2.75, 3.05) is 51.2 Å². The molecule has 0 unspecified atom stereocenters. The van der Waals surface area contributed by atoms with E-state index in [2.05, 4.69) is 22.2 Å². The molecule has 3 aromatic rings. The Morgan fingerprint density at radius 3 is 2.39 bits per heavy atom. The van der Waals surface area contributed by atoms with Crippen molar-refractivity contribution in [1.82, 2.24) is 10.2 Å². The van der Waals surface area contributed by atoms with Gasteiger partial charge < -0.3 is 34.5 Å². The summed E-state index contributed by atoms with van der Waals surface area (Å²) in [5.74, 6) is -0.104. The molecule has 2 fully saturated rings. The molecule has 8 nitrogen and oxygen atoms in total. The zero-order valence-corrected chi connectivity index (χ0v) is 18.7. The second-order valence-electron chi connectivity index (χ2n) is 8.83. The fraction of sp³-hybridized carbons (Fsp3) is 0.400. The van der Waals surface area contributed by atoms with Gasteiger partial charge in [0.15, 0.2) is 16.8 Å². The molecular formula is C25H29N3O5. The Bertz CT molecular complexity index is 1190. The van der Waals surface area contributed by atoms with Gasteiger partial charge in [-0.2, -0.15) is 0 Å². The maximum Gasteiger partial charge on any atom is 0.205 e. The standard InChI is InChI=1S/C25H29N3O5/c1-27-10-6-18(7-11-27)32-24-21(31)14-19(29)23-20(30)15-22(33-25(23)24)16-2-4-17(5-3-16)28-12-8-26-9-13-28/h2-5,14-15,18,26,29,31H,6-13H2,1H3. The average Bonchev–Trinajstić information content (AvgIpc) is 2.83. The van der Waals surface area contributed by atoms with E-state index in [1.807, 2.05) is 24.3 Å². The topological polar surface area (TPSA) is 98.4 Å². The van der Waals surface area contributed by atoms with E-state index in [0.29, 0.717) is 5.76 Å². The molecule has 2 aliphatic heterocycles. The molecule has 8 heteroatoms. The minimum absolute atomic E-state index is 0.0110. The summed E-state index contributed by atoms with van der Waals surface area (Å²) >= 11 is 0. The number of nitrogens with zero attached hydrogens (tertiary/aromatic N) is 2. The number of phenols is 2. The largest absolute Gasteiger partial charge is 0.507 e. The molecule has 3 N–H and O–H groups in total. The highest BCUT2D eigenvalue weighted by Gasteiger charge is 2.24. The lowest BCUT2D eigenvalue weighted by Gasteiger charge is -2.29. The third kappa shape index (κ3) is 4.36. The Morgan fingerprint density at radius 1 is 1.00 bits per heavy atom. The lowest BCUT2D eigenvalue weighted by Crippen LogP contribution is -2.43. The first-order valence-corrected chi connectivity index (χ1v) is 11.4. The van der Waals surface area contributed by atoms with Crippen LogP contribution in [0.15, 0.2) is 45.6 Å². The van der Waals surface area contributed by atoms with Gasteiger partial charge in [0.05, 0.1) is 0 Å². The number of piperidine rings is 1. The average molecular weight is 452 g/mol. The zero-order chi connectivity index (χ0) is 22.9. The van der Waals surface area contributed by atoms with Crippen LogP contribution in [0.4, 0.5) is 5.69 Å². The van der Waals surface area contributed by atoms with Gasteiger partial charge in [-0.25, -0.2) is 0 Å². The first kappa shape index (κ1) is 21.6. The van der Waals surface area contributed by atoms with Crippen LogP contribution in [0.1, 0.15) is 12.8 Å². The van der Waals surface area contributed by atoms with Gasteiger partial charge in [-0.1, -0.05) is 0 Å². The Hall–Kier alpha value is -3.23. The molecule has 0 bridgehead atoms. The fourth-order valence-corrected chi connectivity index (χ4v) is 4.56. The minimum Gasteiger partial charge on any atom is -0.507 e. The summed E-state index contributed by atoms with van der Waals surface area (Å²) in [5.41, 5.74) is 1.54. The summed E-state index contributed by atoms with van der Waals surface area (Å²) < 4.78 is 12.2. The number of piperazine rings is 1. The first-order valence-electron chi connectivity index (χ1n) is 11.4. The third-order valence-electron chi connectivity index (χ3n) is 6.50.